The Morgan fingerprint density at radius 1 is 1.24 bits per heavy atom. The van der Waals surface area contributed by atoms with Gasteiger partial charge in [-0.15, -0.1) is 28.1 Å². The molecule has 0 saturated heterocycles. The molecule has 4 rings (SSSR count). The van der Waals surface area contributed by atoms with Crippen molar-refractivity contribution in [1.29, 1.82) is 0 Å². The van der Waals surface area contributed by atoms with Crippen molar-refractivity contribution in [3.05, 3.63) is 77.6 Å². The molecule has 0 bridgehead atoms. The lowest BCUT2D eigenvalue weighted by Crippen LogP contribution is -2.07. The summed E-state index contributed by atoms with van der Waals surface area (Å²) in [7, 11) is 0. The predicted octanol–water partition coefficient (Wildman–Crippen LogP) is 5.36. The third-order valence-electron chi connectivity index (χ3n) is 4.13. The lowest BCUT2D eigenvalue weighted by atomic mass is 10.2. The minimum atomic E-state index is 0.345. The van der Waals surface area contributed by atoms with Gasteiger partial charge in [-0.3, -0.25) is 4.57 Å². The van der Waals surface area contributed by atoms with Crippen LogP contribution in [0.25, 0.3) is 10.6 Å². The Labute approximate surface area is 177 Å². The van der Waals surface area contributed by atoms with Crippen LogP contribution in [0.1, 0.15) is 17.1 Å². The number of ether oxygens (including phenoxy) is 1. The second-order valence-electron chi connectivity index (χ2n) is 6.35. The SMILES string of the molecule is C=CCn1c(COc2cccc(C)c2)nnc1SCc1cc(-c2cccs2)on1. The molecule has 0 aliphatic rings. The summed E-state index contributed by atoms with van der Waals surface area (Å²) in [5, 5.41) is 15.6. The Morgan fingerprint density at radius 3 is 2.97 bits per heavy atom. The van der Waals surface area contributed by atoms with Crippen molar-refractivity contribution >= 4 is 23.1 Å². The number of hydrogen-bond acceptors (Lipinski definition) is 7. The van der Waals surface area contributed by atoms with E-state index in [1.165, 1.54) is 0 Å². The normalized spacial score (nSPS) is 10.9. The van der Waals surface area contributed by atoms with Gasteiger partial charge in [0.25, 0.3) is 0 Å². The highest BCUT2D eigenvalue weighted by Crippen LogP contribution is 2.28. The van der Waals surface area contributed by atoms with E-state index < -0.39 is 0 Å². The monoisotopic (exact) mass is 424 g/mol. The fraction of sp³-hybridized carbons (Fsp3) is 0.190. The second-order valence-corrected chi connectivity index (χ2v) is 8.24. The zero-order chi connectivity index (χ0) is 20.1. The Hall–Kier alpha value is -2.84. The summed E-state index contributed by atoms with van der Waals surface area (Å²) >= 11 is 3.19. The van der Waals surface area contributed by atoms with E-state index in [1.54, 1.807) is 23.1 Å². The van der Waals surface area contributed by atoms with Gasteiger partial charge < -0.3 is 9.26 Å². The van der Waals surface area contributed by atoms with Crippen LogP contribution in [-0.2, 0) is 18.9 Å². The van der Waals surface area contributed by atoms with Crippen molar-refractivity contribution in [1.82, 2.24) is 19.9 Å². The van der Waals surface area contributed by atoms with Crippen LogP contribution >= 0.6 is 23.1 Å². The molecule has 0 aliphatic heterocycles. The van der Waals surface area contributed by atoms with Gasteiger partial charge in [-0.25, -0.2) is 0 Å². The van der Waals surface area contributed by atoms with E-state index in [0.717, 1.165) is 38.6 Å². The smallest absolute Gasteiger partial charge is 0.191 e. The van der Waals surface area contributed by atoms with E-state index in [1.807, 2.05) is 65.4 Å². The second kappa shape index (κ2) is 9.11. The molecule has 0 amide bonds. The number of thioether (sulfide) groups is 1. The van der Waals surface area contributed by atoms with Crippen molar-refractivity contribution in [2.24, 2.45) is 0 Å². The van der Waals surface area contributed by atoms with Crippen molar-refractivity contribution < 1.29 is 9.26 Å². The summed E-state index contributed by atoms with van der Waals surface area (Å²) < 4.78 is 13.3. The average Bonchev–Trinajstić information content (AvgIpc) is 3.46. The first-order valence-corrected chi connectivity index (χ1v) is 10.9. The molecular formula is C21H20N4O2S2. The van der Waals surface area contributed by atoms with Gasteiger partial charge in [0.05, 0.1) is 10.6 Å². The maximum absolute atomic E-state index is 5.89. The van der Waals surface area contributed by atoms with E-state index in [0.29, 0.717) is 18.9 Å². The third kappa shape index (κ3) is 4.78. The Balaban J connectivity index is 1.43. The fourth-order valence-corrected chi connectivity index (χ4v) is 4.27. The van der Waals surface area contributed by atoms with E-state index in [2.05, 4.69) is 21.9 Å². The standard InChI is InChI=1S/C21H20N4O2S2/c1-3-9-25-20(13-26-17-7-4-6-15(2)11-17)22-23-21(25)29-14-16-12-18(27-24-16)19-8-5-10-28-19/h3-8,10-12H,1,9,13-14H2,2H3. The summed E-state index contributed by atoms with van der Waals surface area (Å²) in [6.45, 7) is 6.84. The summed E-state index contributed by atoms with van der Waals surface area (Å²) in [4.78, 5) is 1.07. The quantitative estimate of drug-likeness (QED) is 0.266. The van der Waals surface area contributed by atoms with Crippen LogP contribution in [0.3, 0.4) is 0 Å². The van der Waals surface area contributed by atoms with Crippen LogP contribution in [0.2, 0.25) is 0 Å². The first kappa shape index (κ1) is 19.5. The van der Waals surface area contributed by atoms with E-state index >= 15 is 0 Å². The third-order valence-corrected chi connectivity index (χ3v) is 6.02. The largest absolute Gasteiger partial charge is 0.486 e. The van der Waals surface area contributed by atoms with E-state index in [4.69, 9.17) is 9.26 Å². The molecule has 3 aromatic heterocycles. The molecule has 29 heavy (non-hydrogen) atoms. The van der Waals surface area contributed by atoms with Gasteiger partial charge in [0.15, 0.2) is 16.7 Å². The van der Waals surface area contributed by atoms with Crippen LogP contribution < -0.4 is 4.74 Å². The lowest BCUT2D eigenvalue weighted by molar-refractivity contribution is 0.289. The molecule has 3 heterocycles. The Kier molecular flexibility index (Phi) is 6.12. The first-order chi connectivity index (χ1) is 14.2. The van der Waals surface area contributed by atoms with Crippen molar-refractivity contribution in [3.63, 3.8) is 0 Å². The number of allylic oxidation sites excluding steroid dienone is 1. The summed E-state index contributed by atoms with van der Waals surface area (Å²) in [5.74, 6) is 3.00. The maximum Gasteiger partial charge on any atom is 0.191 e. The van der Waals surface area contributed by atoms with Crippen molar-refractivity contribution in [2.75, 3.05) is 0 Å². The Bertz CT molecular complexity index is 1090. The highest BCUT2D eigenvalue weighted by atomic mass is 32.2. The molecule has 0 fully saturated rings. The number of nitrogens with zero attached hydrogens (tertiary/aromatic N) is 4. The highest BCUT2D eigenvalue weighted by Gasteiger charge is 2.14. The minimum Gasteiger partial charge on any atom is -0.486 e. The molecule has 0 radical (unpaired) electrons. The van der Waals surface area contributed by atoms with E-state index in [9.17, 15) is 0 Å². The zero-order valence-corrected chi connectivity index (χ0v) is 17.6. The number of aryl methyl sites for hydroxylation is 1. The van der Waals surface area contributed by atoms with Crippen LogP contribution in [0.15, 0.2) is 70.2 Å². The molecule has 0 spiro atoms. The van der Waals surface area contributed by atoms with Crippen LogP contribution in [-0.4, -0.2) is 19.9 Å². The average molecular weight is 425 g/mol. The van der Waals surface area contributed by atoms with Gasteiger partial charge in [0.1, 0.15) is 12.4 Å². The summed E-state index contributed by atoms with van der Waals surface area (Å²) in [6.07, 6.45) is 1.83. The van der Waals surface area contributed by atoms with Gasteiger partial charge in [-0.2, -0.15) is 0 Å². The number of thiophene rings is 1. The highest BCUT2D eigenvalue weighted by molar-refractivity contribution is 7.98. The zero-order valence-electron chi connectivity index (χ0n) is 15.9. The van der Waals surface area contributed by atoms with Gasteiger partial charge in [0, 0.05) is 18.4 Å². The number of aromatic nitrogens is 4. The van der Waals surface area contributed by atoms with Gasteiger partial charge >= 0.3 is 0 Å². The number of rotatable bonds is 9. The summed E-state index contributed by atoms with van der Waals surface area (Å²) in [5.41, 5.74) is 2.02. The molecule has 0 unspecified atom stereocenters. The van der Waals surface area contributed by atoms with Gasteiger partial charge in [-0.1, -0.05) is 41.2 Å². The fourth-order valence-electron chi connectivity index (χ4n) is 2.75. The molecule has 6 nitrogen and oxygen atoms in total. The molecular weight excluding hydrogens is 404 g/mol. The van der Waals surface area contributed by atoms with Crippen molar-refractivity contribution in [2.45, 2.75) is 31.0 Å². The van der Waals surface area contributed by atoms with Crippen molar-refractivity contribution in [3.8, 4) is 16.4 Å². The minimum absolute atomic E-state index is 0.345. The van der Waals surface area contributed by atoms with E-state index in [-0.39, 0.29) is 0 Å². The lowest BCUT2D eigenvalue weighted by Gasteiger charge is -2.09. The molecule has 1 aromatic carbocycles. The van der Waals surface area contributed by atoms with Gasteiger partial charge in [0.2, 0.25) is 0 Å². The number of hydrogen-bond donors (Lipinski definition) is 0. The molecule has 0 N–H and O–H groups in total. The van der Waals surface area contributed by atoms with Crippen LogP contribution in [0.4, 0.5) is 0 Å². The van der Waals surface area contributed by atoms with Crippen LogP contribution in [0.5, 0.6) is 5.75 Å². The predicted molar refractivity (Wildman–Crippen MR) is 115 cm³/mol. The topological polar surface area (TPSA) is 66.0 Å². The molecule has 4 aromatic rings. The number of benzene rings is 1. The molecule has 148 valence electrons. The molecule has 8 heteroatoms. The Morgan fingerprint density at radius 2 is 2.17 bits per heavy atom. The maximum atomic E-state index is 5.89. The molecule has 0 saturated carbocycles. The molecule has 0 aliphatic carbocycles. The molecule has 0 atom stereocenters. The van der Waals surface area contributed by atoms with Crippen LogP contribution in [0, 0.1) is 6.92 Å². The van der Waals surface area contributed by atoms with Gasteiger partial charge in [-0.05, 0) is 36.1 Å². The first-order valence-electron chi connectivity index (χ1n) is 9.07. The summed E-state index contributed by atoms with van der Waals surface area (Å²) in [6, 6.07) is 13.9.